The van der Waals surface area contributed by atoms with Crippen molar-refractivity contribution >= 4 is 18.3 Å². The summed E-state index contributed by atoms with van der Waals surface area (Å²) in [5.41, 5.74) is 5.66. The minimum Gasteiger partial charge on any atom is -0.385 e. The van der Waals surface area contributed by atoms with E-state index in [1.165, 1.54) is 0 Å². The van der Waals surface area contributed by atoms with E-state index in [1.807, 2.05) is 13.8 Å². The number of carbonyl (C=O) groups excluding carboxylic acids is 1. The fourth-order valence-corrected chi connectivity index (χ4v) is 1.00. The van der Waals surface area contributed by atoms with E-state index < -0.39 is 6.04 Å². The molecular weight excluding hydrogens is 216 g/mol. The molecule has 0 aromatic heterocycles. The van der Waals surface area contributed by atoms with Gasteiger partial charge in [-0.25, -0.2) is 0 Å². The average molecular weight is 239 g/mol. The molecule has 0 aromatic rings. The van der Waals surface area contributed by atoms with Gasteiger partial charge in [0.15, 0.2) is 0 Å². The molecule has 0 saturated carbocycles. The maximum atomic E-state index is 11.3. The SMILES string of the molecule is COCCCCNC(=O)[C@@H](N)C(C)C.Cl. The van der Waals surface area contributed by atoms with E-state index in [1.54, 1.807) is 7.11 Å². The molecule has 15 heavy (non-hydrogen) atoms. The van der Waals surface area contributed by atoms with Gasteiger partial charge in [0, 0.05) is 20.3 Å². The quantitative estimate of drug-likeness (QED) is 0.649. The second kappa shape index (κ2) is 10.2. The van der Waals surface area contributed by atoms with Crippen molar-refractivity contribution in [2.75, 3.05) is 20.3 Å². The molecule has 1 amide bonds. The third-order valence-corrected chi connectivity index (χ3v) is 2.10. The van der Waals surface area contributed by atoms with Gasteiger partial charge in [0.2, 0.25) is 5.91 Å². The van der Waals surface area contributed by atoms with Crippen molar-refractivity contribution in [3.8, 4) is 0 Å². The first-order valence-corrected chi connectivity index (χ1v) is 5.11. The molecule has 0 unspecified atom stereocenters. The highest BCUT2D eigenvalue weighted by Crippen LogP contribution is 1.97. The summed E-state index contributed by atoms with van der Waals surface area (Å²) in [6.45, 7) is 5.30. The molecule has 0 heterocycles. The molecule has 0 saturated heterocycles. The Morgan fingerprint density at radius 3 is 2.47 bits per heavy atom. The highest BCUT2D eigenvalue weighted by atomic mass is 35.5. The van der Waals surface area contributed by atoms with Crippen molar-refractivity contribution in [1.82, 2.24) is 5.32 Å². The number of carbonyl (C=O) groups is 1. The Hall–Kier alpha value is -0.320. The molecule has 0 aliphatic heterocycles. The fraction of sp³-hybridized carbons (Fsp3) is 0.900. The van der Waals surface area contributed by atoms with Crippen LogP contribution in [0.4, 0.5) is 0 Å². The van der Waals surface area contributed by atoms with E-state index in [2.05, 4.69) is 5.32 Å². The largest absolute Gasteiger partial charge is 0.385 e. The monoisotopic (exact) mass is 238 g/mol. The van der Waals surface area contributed by atoms with Crippen molar-refractivity contribution in [2.24, 2.45) is 11.7 Å². The Labute approximate surface area is 98.3 Å². The number of hydrogen-bond acceptors (Lipinski definition) is 3. The molecule has 92 valence electrons. The van der Waals surface area contributed by atoms with Gasteiger partial charge in [-0.15, -0.1) is 12.4 Å². The molecule has 5 heteroatoms. The van der Waals surface area contributed by atoms with Gasteiger partial charge in [-0.05, 0) is 18.8 Å². The van der Waals surface area contributed by atoms with Crippen LogP contribution in [0.3, 0.4) is 0 Å². The van der Waals surface area contributed by atoms with Gasteiger partial charge in [-0.3, -0.25) is 4.79 Å². The van der Waals surface area contributed by atoms with Crippen molar-refractivity contribution in [3.05, 3.63) is 0 Å². The number of nitrogens with two attached hydrogens (primary N) is 1. The standard InChI is InChI=1S/C10H22N2O2.ClH/c1-8(2)9(11)10(13)12-6-4-5-7-14-3;/h8-9H,4-7,11H2,1-3H3,(H,12,13);1H/t9-;/m0./s1. The highest BCUT2D eigenvalue weighted by Gasteiger charge is 2.15. The second-order valence-corrected chi connectivity index (χ2v) is 3.76. The van der Waals surface area contributed by atoms with Crippen LogP contribution in [-0.4, -0.2) is 32.2 Å². The Balaban J connectivity index is 0. The van der Waals surface area contributed by atoms with Gasteiger partial charge in [0.25, 0.3) is 0 Å². The van der Waals surface area contributed by atoms with Crippen LogP contribution >= 0.6 is 12.4 Å². The summed E-state index contributed by atoms with van der Waals surface area (Å²) in [7, 11) is 1.67. The summed E-state index contributed by atoms with van der Waals surface area (Å²) < 4.78 is 4.90. The molecule has 0 rings (SSSR count). The van der Waals surface area contributed by atoms with E-state index in [4.69, 9.17) is 10.5 Å². The van der Waals surface area contributed by atoms with Crippen LogP contribution < -0.4 is 11.1 Å². The molecular formula is C10H23ClN2O2. The van der Waals surface area contributed by atoms with Crippen molar-refractivity contribution in [3.63, 3.8) is 0 Å². The minimum absolute atomic E-state index is 0. The first-order chi connectivity index (χ1) is 6.59. The van der Waals surface area contributed by atoms with Crippen LogP contribution in [0.2, 0.25) is 0 Å². The van der Waals surface area contributed by atoms with Crippen LogP contribution in [0.15, 0.2) is 0 Å². The zero-order valence-corrected chi connectivity index (χ0v) is 10.6. The summed E-state index contributed by atoms with van der Waals surface area (Å²) in [6, 6.07) is -0.391. The Kier molecular flexibility index (Phi) is 11.6. The summed E-state index contributed by atoms with van der Waals surface area (Å²) >= 11 is 0. The first-order valence-electron chi connectivity index (χ1n) is 5.11. The van der Waals surface area contributed by atoms with Crippen LogP contribution in [0.1, 0.15) is 26.7 Å². The van der Waals surface area contributed by atoms with Gasteiger partial charge in [-0.2, -0.15) is 0 Å². The van der Waals surface area contributed by atoms with Gasteiger partial charge >= 0.3 is 0 Å². The van der Waals surface area contributed by atoms with Crippen LogP contribution in [0.25, 0.3) is 0 Å². The lowest BCUT2D eigenvalue weighted by molar-refractivity contribution is -0.123. The zero-order valence-electron chi connectivity index (χ0n) is 9.79. The van der Waals surface area contributed by atoms with Crippen LogP contribution in [0.5, 0.6) is 0 Å². The molecule has 1 atom stereocenters. The number of hydrogen-bond donors (Lipinski definition) is 2. The van der Waals surface area contributed by atoms with Crippen molar-refractivity contribution in [2.45, 2.75) is 32.7 Å². The molecule has 0 radical (unpaired) electrons. The van der Waals surface area contributed by atoms with Crippen molar-refractivity contribution < 1.29 is 9.53 Å². The van der Waals surface area contributed by atoms with E-state index in [0.29, 0.717) is 6.54 Å². The average Bonchev–Trinajstić information content (AvgIpc) is 2.16. The van der Waals surface area contributed by atoms with Gasteiger partial charge in [-0.1, -0.05) is 13.8 Å². The summed E-state index contributed by atoms with van der Waals surface area (Å²) in [6.07, 6.45) is 1.90. The Bertz CT molecular complexity index is 166. The molecule has 3 N–H and O–H groups in total. The Morgan fingerprint density at radius 1 is 1.40 bits per heavy atom. The predicted octanol–water partition coefficient (Wildman–Crippen LogP) is 0.934. The Morgan fingerprint density at radius 2 is 2.00 bits per heavy atom. The number of unbranched alkanes of at least 4 members (excludes halogenated alkanes) is 1. The number of rotatable bonds is 7. The molecule has 0 spiro atoms. The molecule has 0 fully saturated rings. The lowest BCUT2D eigenvalue weighted by Crippen LogP contribution is -2.44. The van der Waals surface area contributed by atoms with Crippen molar-refractivity contribution in [1.29, 1.82) is 0 Å². The van der Waals surface area contributed by atoms with Gasteiger partial charge in [0.1, 0.15) is 0 Å². The third kappa shape index (κ3) is 8.66. The third-order valence-electron chi connectivity index (χ3n) is 2.10. The summed E-state index contributed by atoms with van der Waals surface area (Å²) in [4.78, 5) is 11.3. The topological polar surface area (TPSA) is 64.3 Å². The normalized spacial score (nSPS) is 12.1. The summed E-state index contributed by atoms with van der Waals surface area (Å²) in [5.74, 6) is 0.131. The first kappa shape index (κ1) is 17.1. The number of methoxy groups -OCH3 is 1. The van der Waals surface area contributed by atoms with Crippen LogP contribution in [-0.2, 0) is 9.53 Å². The minimum atomic E-state index is -0.391. The second-order valence-electron chi connectivity index (χ2n) is 3.76. The number of nitrogens with one attached hydrogen (secondary N) is 1. The smallest absolute Gasteiger partial charge is 0.237 e. The predicted molar refractivity (Wildman–Crippen MR) is 64.2 cm³/mol. The molecule has 0 aliphatic rings. The zero-order chi connectivity index (χ0) is 11.0. The van der Waals surface area contributed by atoms with E-state index in [9.17, 15) is 4.79 Å². The summed E-state index contributed by atoms with van der Waals surface area (Å²) in [5, 5.41) is 2.80. The maximum absolute atomic E-state index is 11.3. The maximum Gasteiger partial charge on any atom is 0.237 e. The molecule has 0 aromatic carbocycles. The molecule has 0 aliphatic carbocycles. The van der Waals surface area contributed by atoms with Gasteiger partial charge < -0.3 is 15.8 Å². The van der Waals surface area contributed by atoms with Crippen LogP contribution in [0, 0.1) is 5.92 Å². The van der Waals surface area contributed by atoms with E-state index in [-0.39, 0.29) is 24.2 Å². The number of halogens is 1. The fourth-order valence-electron chi connectivity index (χ4n) is 1.00. The van der Waals surface area contributed by atoms with E-state index in [0.717, 1.165) is 19.4 Å². The molecule has 0 bridgehead atoms. The number of amides is 1. The lowest BCUT2D eigenvalue weighted by atomic mass is 10.1. The van der Waals surface area contributed by atoms with E-state index >= 15 is 0 Å². The lowest BCUT2D eigenvalue weighted by Gasteiger charge is -2.15. The molecule has 4 nitrogen and oxygen atoms in total. The number of ether oxygens (including phenoxy) is 1. The highest BCUT2D eigenvalue weighted by molar-refractivity contribution is 5.85. The van der Waals surface area contributed by atoms with Gasteiger partial charge in [0.05, 0.1) is 6.04 Å².